The summed E-state index contributed by atoms with van der Waals surface area (Å²) in [6.45, 7) is -0.626. The lowest BCUT2D eigenvalue weighted by molar-refractivity contribution is -0.140. The van der Waals surface area contributed by atoms with E-state index in [0.29, 0.717) is 39.4 Å². The molecule has 0 aliphatic heterocycles. The zero-order valence-corrected chi connectivity index (χ0v) is 27.1. The first-order valence-electron chi connectivity index (χ1n) is 14.7. The van der Waals surface area contributed by atoms with Crippen LogP contribution >= 0.6 is 11.3 Å². The number of carboxylic acids is 1. The second-order valence-electron chi connectivity index (χ2n) is 10.9. The van der Waals surface area contributed by atoms with Crippen molar-refractivity contribution in [3.05, 3.63) is 95.3 Å². The summed E-state index contributed by atoms with van der Waals surface area (Å²) >= 11 is 0.911. The summed E-state index contributed by atoms with van der Waals surface area (Å²) < 4.78 is 87.9. The second-order valence-corrected chi connectivity index (χ2v) is 13.6. The first-order valence-corrected chi connectivity index (χ1v) is 17.0. The van der Waals surface area contributed by atoms with Crippen molar-refractivity contribution in [2.24, 2.45) is 5.14 Å². The van der Waals surface area contributed by atoms with Crippen LogP contribution in [0, 0.1) is 0 Å². The van der Waals surface area contributed by atoms with Gasteiger partial charge in [-0.25, -0.2) is 27.6 Å². The van der Waals surface area contributed by atoms with Gasteiger partial charge in [0.2, 0.25) is 4.34 Å². The van der Waals surface area contributed by atoms with Gasteiger partial charge in [0.15, 0.2) is 0 Å². The molecule has 0 fully saturated rings. The lowest BCUT2D eigenvalue weighted by atomic mass is 10.0. The number of aliphatic carboxylic acids is 1. The minimum absolute atomic E-state index is 0.00121. The average molecular weight is 723 g/mol. The molecule has 0 aliphatic rings. The Hall–Kier alpha value is -4.65. The molecule has 0 radical (unpaired) electrons. The van der Waals surface area contributed by atoms with Gasteiger partial charge in [-0.3, -0.25) is 4.79 Å². The van der Waals surface area contributed by atoms with Crippen LogP contribution in [0.25, 0.3) is 10.2 Å². The third-order valence-electron chi connectivity index (χ3n) is 7.26. The summed E-state index contributed by atoms with van der Waals surface area (Å²) in [7, 11) is -3.95. The SMILES string of the molecule is NS(=O)(=O)c1nc2ccc(OCc3cn([C@@H](CNC(Cc4ccc(C(F)(F)F)cc4)C(=O)O)Cc4ccc(OCCF)cc4)nn3)cc2s1. The molecule has 0 spiro atoms. The van der Waals surface area contributed by atoms with Crippen LogP contribution in [0.3, 0.4) is 0 Å². The van der Waals surface area contributed by atoms with Crippen molar-refractivity contribution in [3.8, 4) is 11.5 Å². The van der Waals surface area contributed by atoms with Crippen LogP contribution in [-0.2, 0) is 40.4 Å². The number of alkyl halides is 4. The normalized spacial score (nSPS) is 13.3. The Balaban J connectivity index is 1.30. The molecule has 49 heavy (non-hydrogen) atoms. The summed E-state index contributed by atoms with van der Waals surface area (Å²) in [4.78, 5) is 16.2. The number of hydrogen-bond acceptors (Lipinski definition) is 10. The summed E-state index contributed by atoms with van der Waals surface area (Å²) in [5, 5.41) is 26.5. The van der Waals surface area contributed by atoms with Gasteiger partial charge in [0, 0.05) is 6.54 Å². The molecule has 1 unspecified atom stereocenters. The number of hydrogen-bond donors (Lipinski definition) is 3. The van der Waals surface area contributed by atoms with Crippen molar-refractivity contribution in [3.63, 3.8) is 0 Å². The van der Waals surface area contributed by atoms with Crippen LogP contribution in [0.5, 0.6) is 11.5 Å². The Bertz CT molecular complexity index is 1990. The molecule has 0 saturated carbocycles. The summed E-state index contributed by atoms with van der Waals surface area (Å²) in [5.74, 6) is -0.279. The van der Waals surface area contributed by atoms with Crippen molar-refractivity contribution in [1.82, 2.24) is 25.3 Å². The van der Waals surface area contributed by atoms with E-state index >= 15 is 0 Å². The van der Waals surface area contributed by atoms with Gasteiger partial charge in [-0.05, 0) is 66.4 Å². The zero-order chi connectivity index (χ0) is 35.2. The van der Waals surface area contributed by atoms with E-state index in [-0.39, 0.29) is 30.5 Å². The van der Waals surface area contributed by atoms with Gasteiger partial charge < -0.3 is 19.9 Å². The number of rotatable bonds is 16. The Labute approximate surface area is 281 Å². The van der Waals surface area contributed by atoms with E-state index in [2.05, 4.69) is 20.6 Å². The number of aromatic nitrogens is 4. The first-order chi connectivity index (χ1) is 23.3. The summed E-state index contributed by atoms with van der Waals surface area (Å²) in [6, 6.07) is 14.5. The monoisotopic (exact) mass is 722 g/mol. The second kappa shape index (κ2) is 15.3. The van der Waals surface area contributed by atoms with E-state index in [4.69, 9.17) is 14.6 Å². The molecule has 2 heterocycles. The van der Waals surface area contributed by atoms with E-state index in [0.717, 1.165) is 29.0 Å². The number of nitrogens with two attached hydrogens (primary N) is 1. The van der Waals surface area contributed by atoms with Gasteiger partial charge in [0.25, 0.3) is 10.0 Å². The van der Waals surface area contributed by atoms with Gasteiger partial charge in [-0.2, -0.15) is 13.2 Å². The third kappa shape index (κ3) is 9.71. The number of nitrogens with zero attached hydrogens (tertiary/aromatic N) is 4. The largest absolute Gasteiger partial charge is 0.491 e. The minimum atomic E-state index is -4.51. The topological polar surface area (TPSA) is 172 Å². The van der Waals surface area contributed by atoms with Crippen LogP contribution in [0.2, 0.25) is 0 Å². The molecule has 0 amide bonds. The van der Waals surface area contributed by atoms with E-state index < -0.39 is 46.5 Å². The Morgan fingerprint density at radius 1 is 1.00 bits per heavy atom. The van der Waals surface area contributed by atoms with Crippen LogP contribution in [0.1, 0.15) is 28.4 Å². The number of carboxylic acid groups (broad SMARTS) is 1. The highest BCUT2D eigenvalue weighted by Crippen LogP contribution is 2.30. The van der Waals surface area contributed by atoms with Gasteiger partial charge in [0.05, 0.1) is 28.0 Å². The number of ether oxygens (including phenoxy) is 2. The standard InChI is InChI=1S/C31H30F4N6O6S2/c32-11-12-46-24-7-3-19(4-8-24)13-23(16-37-27(29(42)43)14-20-1-5-21(6-2-20)31(33,34)35)41-17-22(39-40-41)18-47-25-9-10-26-28(15-25)48-30(38-26)49(36,44)45/h1-10,15,17,23,27,37H,11-14,16,18H2,(H,42,43)(H2,36,44,45)/t23-,27?/m1/s1. The van der Waals surface area contributed by atoms with Crippen molar-refractivity contribution in [2.45, 2.75) is 42.0 Å². The van der Waals surface area contributed by atoms with Gasteiger partial charge in [-0.15, -0.1) is 16.4 Å². The highest BCUT2D eigenvalue weighted by atomic mass is 32.2. The Morgan fingerprint density at radius 2 is 1.67 bits per heavy atom. The molecule has 0 saturated heterocycles. The van der Waals surface area contributed by atoms with E-state index in [9.17, 15) is 35.9 Å². The number of sulfonamides is 1. The fourth-order valence-electron chi connectivity index (χ4n) is 4.81. The molecule has 18 heteroatoms. The highest BCUT2D eigenvalue weighted by Gasteiger charge is 2.30. The van der Waals surface area contributed by atoms with E-state index in [1.807, 2.05) is 0 Å². The average Bonchev–Trinajstić information content (AvgIpc) is 3.72. The molecular formula is C31H30F4N6O6S2. The van der Waals surface area contributed by atoms with E-state index in [1.54, 1.807) is 53.3 Å². The summed E-state index contributed by atoms with van der Waals surface area (Å²) in [5.41, 5.74) is 1.30. The third-order valence-corrected chi connectivity index (χ3v) is 9.60. The van der Waals surface area contributed by atoms with Crippen LogP contribution in [0.15, 0.2) is 77.3 Å². The van der Waals surface area contributed by atoms with Crippen LogP contribution in [-0.4, -0.2) is 65.3 Å². The number of thiazole rings is 1. The van der Waals surface area contributed by atoms with Crippen molar-refractivity contribution in [2.75, 3.05) is 19.8 Å². The number of primary sulfonamides is 1. The molecule has 0 bridgehead atoms. The summed E-state index contributed by atoms with van der Waals surface area (Å²) in [6.07, 6.45) is -2.58. The molecule has 260 valence electrons. The molecule has 2 atom stereocenters. The molecule has 4 N–H and O–H groups in total. The lowest BCUT2D eigenvalue weighted by Crippen LogP contribution is -2.42. The smallest absolute Gasteiger partial charge is 0.416 e. The predicted octanol–water partition coefficient (Wildman–Crippen LogP) is 4.55. The van der Waals surface area contributed by atoms with Gasteiger partial charge >= 0.3 is 12.1 Å². The number of carbonyl (C=O) groups is 1. The quantitative estimate of drug-likeness (QED) is 0.123. The van der Waals surface area contributed by atoms with Crippen molar-refractivity contribution >= 4 is 37.5 Å². The molecule has 5 aromatic rings. The molecular weight excluding hydrogens is 693 g/mol. The fraction of sp³-hybridized carbons (Fsp3) is 0.290. The number of fused-ring (bicyclic) bond motifs is 1. The Morgan fingerprint density at radius 3 is 2.33 bits per heavy atom. The number of nitrogens with one attached hydrogen (secondary N) is 1. The molecule has 5 rings (SSSR count). The van der Waals surface area contributed by atoms with Crippen molar-refractivity contribution < 1.29 is 45.4 Å². The molecule has 0 aliphatic carbocycles. The maximum absolute atomic E-state index is 13.0. The van der Waals surface area contributed by atoms with E-state index in [1.165, 1.54) is 12.1 Å². The molecule has 2 aromatic heterocycles. The van der Waals surface area contributed by atoms with Gasteiger partial charge in [-0.1, -0.05) is 29.5 Å². The Kier molecular flexibility index (Phi) is 11.1. The predicted molar refractivity (Wildman–Crippen MR) is 171 cm³/mol. The maximum Gasteiger partial charge on any atom is 0.416 e. The maximum atomic E-state index is 13.0. The zero-order valence-electron chi connectivity index (χ0n) is 25.5. The highest BCUT2D eigenvalue weighted by molar-refractivity contribution is 7.91. The minimum Gasteiger partial charge on any atom is -0.491 e. The van der Waals surface area contributed by atoms with Gasteiger partial charge in [0.1, 0.15) is 43.1 Å². The van der Waals surface area contributed by atoms with Crippen LogP contribution in [0.4, 0.5) is 17.6 Å². The lowest BCUT2D eigenvalue weighted by Gasteiger charge is -2.21. The first kappa shape index (κ1) is 35.7. The molecule has 12 nitrogen and oxygen atoms in total. The van der Waals surface area contributed by atoms with Crippen molar-refractivity contribution in [1.29, 1.82) is 0 Å². The number of halogens is 4. The molecule has 3 aromatic carbocycles. The number of benzene rings is 3. The fourth-order valence-corrected chi connectivity index (χ4v) is 6.50. The van der Waals surface area contributed by atoms with Crippen LogP contribution < -0.4 is 19.9 Å².